The maximum absolute atomic E-state index is 13.1. The lowest BCUT2D eigenvalue weighted by Crippen LogP contribution is -2.36. The summed E-state index contributed by atoms with van der Waals surface area (Å²) in [5, 5.41) is 20.5. The molecule has 0 atom stereocenters. The van der Waals surface area contributed by atoms with Gasteiger partial charge in [-0.2, -0.15) is 5.10 Å². The zero-order valence-electron chi connectivity index (χ0n) is 16.0. The number of hydrogen-bond acceptors (Lipinski definition) is 4. The van der Waals surface area contributed by atoms with Crippen LogP contribution in [0.3, 0.4) is 0 Å². The average molecular weight is 387 g/mol. The molecular weight excluding hydrogens is 366 g/mol. The van der Waals surface area contributed by atoms with E-state index in [0.717, 1.165) is 46.3 Å². The summed E-state index contributed by atoms with van der Waals surface area (Å²) >= 11 is 0. The number of rotatable bonds is 5. The largest absolute Gasteiger partial charge is 0.392 e. The highest BCUT2D eigenvalue weighted by molar-refractivity contribution is 5.98. The number of aliphatic hydroxyl groups excluding tert-OH is 1. The molecule has 1 aliphatic rings. The van der Waals surface area contributed by atoms with Gasteiger partial charge in [0.1, 0.15) is 11.3 Å². The molecule has 1 fully saturated rings. The van der Waals surface area contributed by atoms with E-state index in [1.807, 2.05) is 54.1 Å². The van der Waals surface area contributed by atoms with Gasteiger partial charge >= 0.3 is 0 Å². The Bertz CT molecular complexity index is 1210. The zero-order chi connectivity index (χ0) is 20.0. The van der Waals surface area contributed by atoms with Crippen molar-refractivity contribution in [1.29, 1.82) is 0 Å². The maximum Gasteiger partial charge on any atom is 0.268 e. The number of aliphatic hydroxyl groups is 1. The predicted octanol–water partition coefficient (Wildman–Crippen LogP) is 2.87. The molecule has 0 spiro atoms. The van der Waals surface area contributed by atoms with Crippen molar-refractivity contribution in [3.8, 4) is 11.3 Å². The molecule has 7 nitrogen and oxygen atoms in total. The fourth-order valence-corrected chi connectivity index (χ4v) is 3.96. The molecule has 0 saturated heterocycles. The Morgan fingerprint density at radius 2 is 2.10 bits per heavy atom. The molecule has 4 aromatic rings. The van der Waals surface area contributed by atoms with Gasteiger partial charge in [0.05, 0.1) is 24.0 Å². The number of carbonyl (C=O) groups is 1. The van der Waals surface area contributed by atoms with Crippen LogP contribution in [0.5, 0.6) is 0 Å². The molecule has 29 heavy (non-hydrogen) atoms. The quantitative estimate of drug-likeness (QED) is 0.491. The van der Waals surface area contributed by atoms with E-state index in [2.05, 4.69) is 15.5 Å². The predicted molar refractivity (Wildman–Crippen MR) is 109 cm³/mol. The van der Waals surface area contributed by atoms with Crippen LogP contribution < -0.4 is 5.32 Å². The van der Waals surface area contributed by atoms with Crippen molar-refractivity contribution in [3.05, 3.63) is 71.7 Å². The Hall–Kier alpha value is -3.45. The van der Waals surface area contributed by atoms with Gasteiger partial charge in [0.25, 0.3) is 5.91 Å². The molecule has 3 aromatic heterocycles. The minimum atomic E-state index is -0.401. The lowest BCUT2D eigenvalue weighted by Gasteiger charge is -2.21. The van der Waals surface area contributed by atoms with Crippen LogP contribution in [0, 0.1) is 0 Å². The Labute approximate surface area is 167 Å². The van der Waals surface area contributed by atoms with E-state index >= 15 is 0 Å². The number of aryl methyl sites for hydroxylation is 1. The van der Waals surface area contributed by atoms with Gasteiger partial charge in [-0.15, -0.1) is 0 Å². The van der Waals surface area contributed by atoms with Gasteiger partial charge in [0.2, 0.25) is 0 Å². The Morgan fingerprint density at radius 1 is 1.28 bits per heavy atom. The number of pyridine rings is 1. The summed E-state index contributed by atoms with van der Waals surface area (Å²) in [6.45, 7) is -0.0391. The third-order valence-corrected chi connectivity index (χ3v) is 5.71. The summed E-state index contributed by atoms with van der Waals surface area (Å²) in [5.41, 5.74) is 4.46. The van der Waals surface area contributed by atoms with Gasteiger partial charge in [0.15, 0.2) is 0 Å². The number of hydrogen-bond donors (Lipinski definition) is 3. The number of fused-ring (bicyclic) bond motifs is 1. The fraction of sp³-hybridized carbons (Fsp3) is 0.227. The number of aromatic amines is 1. The van der Waals surface area contributed by atoms with Crippen molar-refractivity contribution >= 4 is 16.9 Å². The number of nitrogens with zero attached hydrogens (tertiary/aromatic N) is 3. The third-order valence-electron chi connectivity index (χ3n) is 5.71. The van der Waals surface area contributed by atoms with E-state index in [4.69, 9.17) is 4.98 Å². The topological polar surface area (TPSA) is 95.8 Å². The summed E-state index contributed by atoms with van der Waals surface area (Å²) in [6, 6.07) is 13.5. The molecule has 0 aliphatic heterocycles. The van der Waals surface area contributed by atoms with E-state index in [0.29, 0.717) is 5.69 Å². The summed E-state index contributed by atoms with van der Waals surface area (Å²) in [5.74, 6) is -0.138. The van der Waals surface area contributed by atoms with Crippen molar-refractivity contribution in [3.63, 3.8) is 0 Å². The highest BCUT2D eigenvalue weighted by atomic mass is 16.3. The van der Waals surface area contributed by atoms with Gasteiger partial charge in [-0.3, -0.25) is 9.89 Å². The van der Waals surface area contributed by atoms with Crippen LogP contribution in [-0.2, 0) is 19.2 Å². The molecule has 1 aromatic carbocycles. The SMILES string of the molecule is Cn1c(C(=O)NC2(c3ccccc3CO)CC2)cc2ccc(-c3cn[nH]c3)nc21. The second-order valence-corrected chi connectivity index (χ2v) is 7.54. The first-order valence-corrected chi connectivity index (χ1v) is 9.59. The number of carbonyl (C=O) groups excluding carboxylic acids is 1. The number of benzene rings is 1. The van der Waals surface area contributed by atoms with Crippen LogP contribution >= 0.6 is 0 Å². The number of H-pyrrole nitrogens is 1. The molecule has 146 valence electrons. The van der Waals surface area contributed by atoms with Crippen LogP contribution in [-0.4, -0.2) is 30.8 Å². The van der Waals surface area contributed by atoms with E-state index in [-0.39, 0.29) is 12.5 Å². The molecule has 0 radical (unpaired) electrons. The summed E-state index contributed by atoms with van der Waals surface area (Å²) < 4.78 is 1.82. The Balaban J connectivity index is 1.48. The van der Waals surface area contributed by atoms with Crippen molar-refractivity contribution in [2.24, 2.45) is 7.05 Å². The minimum Gasteiger partial charge on any atom is -0.392 e. The fourth-order valence-electron chi connectivity index (χ4n) is 3.96. The van der Waals surface area contributed by atoms with Crippen molar-refractivity contribution in [2.45, 2.75) is 25.0 Å². The van der Waals surface area contributed by atoms with E-state index < -0.39 is 5.54 Å². The number of nitrogens with one attached hydrogen (secondary N) is 2. The highest BCUT2D eigenvalue weighted by Crippen LogP contribution is 2.47. The van der Waals surface area contributed by atoms with E-state index in [1.54, 1.807) is 12.4 Å². The molecule has 0 unspecified atom stereocenters. The Kier molecular flexibility index (Phi) is 3.99. The molecule has 0 bridgehead atoms. The van der Waals surface area contributed by atoms with Crippen LogP contribution in [0.4, 0.5) is 0 Å². The van der Waals surface area contributed by atoms with Gasteiger partial charge in [-0.1, -0.05) is 24.3 Å². The zero-order valence-corrected chi connectivity index (χ0v) is 16.0. The molecule has 5 rings (SSSR count). The van der Waals surface area contributed by atoms with Crippen molar-refractivity contribution in [2.75, 3.05) is 0 Å². The van der Waals surface area contributed by atoms with Gasteiger partial charge in [0, 0.05) is 24.2 Å². The van der Waals surface area contributed by atoms with Crippen LogP contribution in [0.15, 0.2) is 54.9 Å². The van der Waals surface area contributed by atoms with Gasteiger partial charge < -0.3 is 15.0 Å². The van der Waals surface area contributed by atoms with Crippen LogP contribution in [0.1, 0.15) is 34.5 Å². The van der Waals surface area contributed by atoms with E-state index in [9.17, 15) is 9.90 Å². The molecule has 1 amide bonds. The summed E-state index contributed by atoms with van der Waals surface area (Å²) in [6.07, 6.45) is 5.24. The third kappa shape index (κ3) is 2.91. The monoisotopic (exact) mass is 387 g/mol. The number of amides is 1. The first kappa shape index (κ1) is 17.6. The highest BCUT2D eigenvalue weighted by Gasteiger charge is 2.47. The summed E-state index contributed by atoms with van der Waals surface area (Å²) in [7, 11) is 1.85. The minimum absolute atomic E-state index is 0.0391. The molecule has 7 heteroatoms. The maximum atomic E-state index is 13.1. The normalized spacial score (nSPS) is 14.8. The lowest BCUT2D eigenvalue weighted by atomic mass is 9.98. The molecule has 3 heterocycles. The average Bonchev–Trinajstić information content (AvgIpc) is 3.17. The van der Waals surface area contributed by atoms with E-state index in [1.165, 1.54) is 0 Å². The van der Waals surface area contributed by atoms with Crippen LogP contribution in [0.25, 0.3) is 22.3 Å². The first-order chi connectivity index (χ1) is 14.1. The second kappa shape index (κ2) is 6.56. The second-order valence-electron chi connectivity index (χ2n) is 7.54. The van der Waals surface area contributed by atoms with Gasteiger partial charge in [-0.05, 0) is 42.2 Å². The van der Waals surface area contributed by atoms with Crippen molar-refractivity contribution in [1.82, 2.24) is 25.1 Å². The standard InChI is InChI=1S/C22H21N5O2/c1-27-19(10-14-6-7-18(25-20(14)27)16-11-23-24-12-16)21(29)26-22(8-9-22)17-5-3-2-4-15(17)13-28/h2-7,10-12,28H,8-9,13H2,1H3,(H,23,24)(H,26,29). The molecule has 1 aliphatic carbocycles. The molecular formula is C22H21N5O2. The first-order valence-electron chi connectivity index (χ1n) is 9.59. The lowest BCUT2D eigenvalue weighted by molar-refractivity contribution is 0.0922. The molecule has 1 saturated carbocycles. The summed E-state index contributed by atoms with van der Waals surface area (Å²) in [4.78, 5) is 17.8. The number of aromatic nitrogens is 4. The van der Waals surface area contributed by atoms with Crippen molar-refractivity contribution < 1.29 is 9.90 Å². The van der Waals surface area contributed by atoms with Crippen LogP contribution in [0.2, 0.25) is 0 Å². The Morgan fingerprint density at radius 3 is 2.83 bits per heavy atom. The molecule has 3 N–H and O–H groups in total. The van der Waals surface area contributed by atoms with Gasteiger partial charge in [-0.25, -0.2) is 4.98 Å². The smallest absolute Gasteiger partial charge is 0.268 e.